The lowest BCUT2D eigenvalue weighted by molar-refractivity contribution is 0.279. The molecule has 4 heteroatoms. The van der Waals surface area contributed by atoms with Gasteiger partial charge in [0.2, 0.25) is 0 Å². The average molecular weight is 241 g/mol. The molecule has 0 bridgehead atoms. The summed E-state index contributed by atoms with van der Waals surface area (Å²) in [6.07, 6.45) is 4.03. The Hall–Kier alpha value is -0.900. The van der Waals surface area contributed by atoms with E-state index in [0.717, 1.165) is 22.3 Å². The minimum absolute atomic E-state index is 0.122. The molecule has 0 saturated carbocycles. The fourth-order valence-corrected chi connectivity index (χ4v) is 1.73. The summed E-state index contributed by atoms with van der Waals surface area (Å²) in [5.74, 6) is 0.922. The van der Waals surface area contributed by atoms with E-state index in [-0.39, 0.29) is 5.92 Å². The summed E-state index contributed by atoms with van der Waals surface area (Å²) >= 11 is 3.33. The third kappa shape index (κ3) is 1.58. The lowest BCUT2D eigenvalue weighted by Crippen LogP contribution is -2.16. The van der Waals surface area contributed by atoms with Gasteiger partial charge in [0.25, 0.3) is 0 Å². The number of hydrogen-bond acceptors (Lipinski definition) is 3. The molecule has 13 heavy (non-hydrogen) atoms. The molecule has 0 aliphatic carbocycles. The van der Waals surface area contributed by atoms with Crippen LogP contribution in [-0.4, -0.2) is 17.8 Å². The van der Waals surface area contributed by atoms with Gasteiger partial charge in [0.05, 0.1) is 12.3 Å². The number of nitrogens with zero attached hydrogens (tertiary/aromatic N) is 1. The van der Waals surface area contributed by atoms with Gasteiger partial charge in [-0.05, 0) is 28.4 Å². The van der Waals surface area contributed by atoms with Crippen LogP contribution in [0, 0.1) is 5.41 Å². The molecule has 3 nitrogen and oxygen atoms in total. The zero-order valence-corrected chi connectivity index (χ0v) is 8.54. The minimum Gasteiger partial charge on any atom is -0.492 e. The zero-order valence-electron chi connectivity index (χ0n) is 6.96. The smallest absolute Gasteiger partial charge is 0.142 e. The van der Waals surface area contributed by atoms with Crippen molar-refractivity contribution in [2.24, 2.45) is 0 Å². The van der Waals surface area contributed by atoms with Crippen molar-refractivity contribution < 1.29 is 4.74 Å². The van der Waals surface area contributed by atoms with Crippen LogP contribution in [0.25, 0.3) is 0 Å². The number of fused-ring (bicyclic) bond motifs is 1. The minimum atomic E-state index is 0.122. The Morgan fingerprint density at radius 2 is 2.54 bits per heavy atom. The maximum absolute atomic E-state index is 7.25. The van der Waals surface area contributed by atoms with Gasteiger partial charge in [0, 0.05) is 22.8 Å². The van der Waals surface area contributed by atoms with Crippen LogP contribution in [0.2, 0.25) is 0 Å². The SMILES string of the molecule is N=CC1CCOc2cc(Br)cnc21. The van der Waals surface area contributed by atoms with E-state index in [1.165, 1.54) is 6.21 Å². The van der Waals surface area contributed by atoms with Crippen molar-refractivity contribution in [3.63, 3.8) is 0 Å². The Labute approximate surface area is 84.8 Å². The second-order valence-corrected chi connectivity index (χ2v) is 3.86. The molecular weight excluding hydrogens is 232 g/mol. The Morgan fingerprint density at radius 3 is 3.31 bits per heavy atom. The van der Waals surface area contributed by atoms with Crippen LogP contribution in [0.1, 0.15) is 18.0 Å². The fourth-order valence-electron chi connectivity index (χ4n) is 1.42. The molecule has 1 atom stereocenters. The molecule has 68 valence electrons. The van der Waals surface area contributed by atoms with Crippen LogP contribution in [-0.2, 0) is 0 Å². The quantitative estimate of drug-likeness (QED) is 0.767. The van der Waals surface area contributed by atoms with Gasteiger partial charge < -0.3 is 10.1 Å². The predicted octanol–water partition coefficient (Wildman–Crippen LogP) is 2.36. The van der Waals surface area contributed by atoms with E-state index in [0.29, 0.717) is 6.61 Å². The molecule has 1 unspecified atom stereocenters. The number of ether oxygens (including phenoxy) is 1. The maximum atomic E-state index is 7.25. The van der Waals surface area contributed by atoms with Crippen LogP contribution in [0.15, 0.2) is 16.7 Å². The molecule has 0 saturated heterocycles. The summed E-state index contributed by atoms with van der Waals surface area (Å²) in [5.41, 5.74) is 0.879. The Kier molecular flexibility index (Phi) is 2.31. The molecule has 2 rings (SSSR count). The first-order chi connectivity index (χ1) is 6.31. The normalized spacial score (nSPS) is 20.2. The lowest BCUT2D eigenvalue weighted by Gasteiger charge is -2.21. The second kappa shape index (κ2) is 3.46. The Balaban J connectivity index is 2.45. The van der Waals surface area contributed by atoms with Crippen molar-refractivity contribution in [2.75, 3.05) is 6.61 Å². The molecule has 1 aromatic heterocycles. The molecular formula is C9H9BrN2O. The highest BCUT2D eigenvalue weighted by atomic mass is 79.9. The average Bonchev–Trinajstić information content (AvgIpc) is 2.16. The van der Waals surface area contributed by atoms with E-state index in [1.54, 1.807) is 6.20 Å². The summed E-state index contributed by atoms with van der Waals surface area (Å²) in [6, 6.07) is 1.90. The van der Waals surface area contributed by atoms with Crippen LogP contribution >= 0.6 is 15.9 Å². The van der Waals surface area contributed by atoms with E-state index in [1.807, 2.05) is 6.07 Å². The van der Waals surface area contributed by atoms with Crippen LogP contribution in [0.5, 0.6) is 5.75 Å². The van der Waals surface area contributed by atoms with Crippen molar-refractivity contribution in [1.82, 2.24) is 4.98 Å². The molecule has 0 aromatic carbocycles. The third-order valence-corrected chi connectivity index (χ3v) is 2.52. The maximum Gasteiger partial charge on any atom is 0.142 e. The van der Waals surface area contributed by atoms with Crippen molar-refractivity contribution in [1.29, 1.82) is 5.41 Å². The summed E-state index contributed by atoms with van der Waals surface area (Å²) in [6.45, 7) is 0.672. The number of hydrogen-bond donors (Lipinski definition) is 1. The molecule has 0 fully saturated rings. The highest BCUT2D eigenvalue weighted by molar-refractivity contribution is 9.10. The molecule has 1 aliphatic heterocycles. The third-order valence-electron chi connectivity index (χ3n) is 2.09. The summed E-state index contributed by atoms with van der Waals surface area (Å²) in [4.78, 5) is 4.25. The van der Waals surface area contributed by atoms with E-state index < -0.39 is 0 Å². The lowest BCUT2D eigenvalue weighted by atomic mass is 10.00. The van der Waals surface area contributed by atoms with Crippen molar-refractivity contribution >= 4 is 22.1 Å². The first-order valence-electron chi connectivity index (χ1n) is 4.10. The van der Waals surface area contributed by atoms with Crippen LogP contribution in [0.3, 0.4) is 0 Å². The summed E-state index contributed by atoms with van der Waals surface area (Å²) in [5, 5.41) is 7.25. The topological polar surface area (TPSA) is 46.0 Å². The number of halogens is 1. The van der Waals surface area contributed by atoms with Crippen molar-refractivity contribution in [3.8, 4) is 5.75 Å². The predicted molar refractivity (Wildman–Crippen MR) is 53.6 cm³/mol. The Bertz CT molecular complexity index is 340. The van der Waals surface area contributed by atoms with Gasteiger partial charge in [-0.3, -0.25) is 4.98 Å². The molecule has 0 radical (unpaired) electrons. The monoisotopic (exact) mass is 240 g/mol. The summed E-state index contributed by atoms with van der Waals surface area (Å²) in [7, 11) is 0. The highest BCUT2D eigenvalue weighted by Crippen LogP contribution is 2.32. The molecule has 0 spiro atoms. The standard InChI is InChI=1S/C9H9BrN2O/c10-7-3-8-9(12-5-7)6(4-11)1-2-13-8/h3-6,11H,1-2H2. The van der Waals surface area contributed by atoms with Gasteiger partial charge in [-0.25, -0.2) is 0 Å². The second-order valence-electron chi connectivity index (χ2n) is 2.95. The first kappa shape index (κ1) is 8.69. The van der Waals surface area contributed by atoms with Gasteiger partial charge in [-0.15, -0.1) is 0 Å². The van der Waals surface area contributed by atoms with Crippen molar-refractivity contribution in [2.45, 2.75) is 12.3 Å². The number of nitrogens with one attached hydrogen (secondary N) is 1. The molecule has 1 aromatic rings. The largest absolute Gasteiger partial charge is 0.492 e. The number of rotatable bonds is 1. The molecule has 2 heterocycles. The van der Waals surface area contributed by atoms with E-state index in [2.05, 4.69) is 20.9 Å². The zero-order chi connectivity index (χ0) is 9.26. The molecule has 1 N–H and O–H groups in total. The first-order valence-corrected chi connectivity index (χ1v) is 4.89. The van der Waals surface area contributed by atoms with Gasteiger partial charge in [0.1, 0.15) is 5.75 Å². The summed E-state index contributed by atoms with van der Waals surface area (Å²) < 4.78 is 6.35. The van der Waals surface area contributed by atoms with Gasteiger partial charge >= 0.3 is 0 Å². The van der Waals surface area contributed by atoms with E-state index in [9.17, 15) is 0 Å². The van der Waals surface area contributed by atoms with Gasteiger partial charge in [-0.1, -0.05) is 0 Å². The number of aromatic nitrogens is 1. The molecule has 1 aliphatic rings. The van der Waals surface area contributed by atoms with E-state index in [4.69, 9.17) is 10.1 Å². The van der Waals surface area contributed by atoms with Crippen molar-refractivity contribution in [3.05, 3.63) is 22.4 Å². The van der Waals surface area contributed by atoms with Crippen LogP contribution in [0.4, 0.5) is 0 Å². The fraction of sp³-hybridized carbons (Fsp3) is 0.333. The highest BCUT2D eigenvalue weighted by Gasteiger charge is 2.20. The van der Waals surface area contributed by atoms with Crippen LogP contribution < -0.4 is 4.74 Å². The molecule has 0 amide bonds. The Morgan fingerprint density at radius 1 is 1.69 bits per heavy atom. The van der Waals surface area contributed by atoms with E-state index >= 15 is 0 Å². The van der Waals surface area contributed by atoms with Gasteiger partial charge in [0.15, 0.2) is 0 Å². The number of pyridine rings is 1. The van der Waals surface area contributed by atoms with Gasteiger partial charge in [-0.2, -0.15) is 0 Å².